The Balaban J connectivity index is 1.71. The van der Waals surface area contributed by atoms with Gasteiger partial charge in [0.15, 0.2) is 0 Å². The van der Waals surface area contributed by atoms with Gasteiger partial charge in [0.25, 0.3) is 5.91 Å². The van der Waals surface area contributed by atoms with Crippen molar-refractivity contribution in [3.63, 3.8) is 0 Å². The zero-order chi connectivity index (χ0) is 25.3. The van der Waals surface area contributed by atoms with E-state index in [2.05, 4.69) is 37.5 Å². The molecule has 0 bridgehead atoms. The summed E-state index contributed by atoms with van der Waals surface area (Å²) in [5.41, 5.74) is -0.386. The Hall–Kier alpha value is -3.21. The number of amides is 1. The van der Waals surface area contributed by atoms with Gasteiger partial charge >= 0.3 is 6.18 Å². The van der Waals surface area contributed by atoms with E-state index in [0.29, 0.717) is 30.2 Å². The van der Waals surface area contributed by atoms with Crippen LogP contribution >= 0.6 is 0 Å². The minimum absolute atomic E-state index is 0.00643. The lowest BCUT2D eigenvalue weighted by Crippen LogP contribution is -2.43. The number of hydrogen-bond donors (Lipinski definition) is 3. The Morgan fingerprint density at radius 1 is 1.26 bits per heavy atom. The summed E-state index contributed by atoms with van der Waals surface area (Å²) in [5.74, 6) is -0.0977. The highest BCUT2D eigenvalue weighted by atomic mass is 19.4. The third-order valence-corrected chi connectivity index (χ3v) is 6.33. The molecule has 0 aromatic carbocycles. The van der Waals surface area contributed by atoms with Crippen LogP contribution in [0, 0.1) is 0 Å². The first-order chi connectivity index (χ1) is 16.6. The van der Waals surface area contributed by atoms with Crippen LogP contribution < -0.4 is 10.6 Å². The lowest BCUT2D eigenvalue weighted by Gasteiger charge is -2.28. The van der Waals surface area contributed by atoms with Crippen molar-refractivity contribution in [2.45, 2.75) is 64.8 Å². The van der Waals surface area contributed by atoms with Gasteiger partial charge < -0.3 is 20.5 Å². The maximum absolute atomic E-state index is 13.9. The monoisotopic (exact) mass is 489 g/mol. The Morgan fingerprint density at radius 3 is 2.66 bits per heavy atom. The van der Waals surface area contributed by atoms with Crippen LogP contribution in [0.3, 0.4) is 0 Å². The van der Waals surface area contributed by atoms with Gasteiger partial charge in [-0.25, -0.2) is 15.0 Å². The fraction of sp³-hybridized carbons (Fsp3) is 0.500. The normalized spacial score (nSPS) is 18.7. The molecule has 35 heavy (non-hydrogen) atoms. The van der Waals surface area contributed by atoms with E-state index in [4.69, 9.17) is 0 Å². The second kappa shape index (κ2) is 9.80. The number of fused-ring (bicyclic) bond motifs is 1. The maximum atomic E-state index is 13.9. The summed E-state index contributed by atoms with van der Waals surface area (Å²) in [6.07, 6.45) is -0.562. The predicted octanol–water partition coefficient (Wildman–Crippen LogP) is 4.46. The zero-order valence-electron chi connectivity index (χ0n) is 20.2. The maximum Gasteiger partial charge on any atom is 0.419 e. The first kappa shape index (κ1) is 24.9. The molecular formula is C24H30F3N7O. The molecule has 3 aromatic heterocycles. The summed E-state index contributed by atoms with van der Waals surface area (Å²) in [4.78, 5) is 30.0. The Bertz CT molecular complexity index is 1200. The van der Waals surface area contributed by atoms with Crippen LogP contribution in [0.25, 0.3) is 22.3 Å². The number of alkyl halides is 3. The van der Waals surface area contributed by atoms with Crippen molar-refractivity contribution in [2.75, 3.05) is 18.4 Å². The van der Waals surface area contributed by atoms with Crippen LogP contribution in [0.5, 0.6) is 0 Å². The molecule has 3 aromatic rings. The SMILES string of the molecule is CCN(C(=O)c1ccc2c(-c3nc(N[C@H]4CC[C@H](C)NC4)ncc3C(F)(F)F)c[nH]c2n1)C(C)C. The molecule has 1 aliphatic rings. The first-order valence-electron chi connectivity index (χ1n) is 11.8. The van der Waals surface area contributed by atoms with E-state index in [1.165, 1.54) is 12.3 Å². The highest BCUT2D eigenvalue weighted by Crippen LogP contribution is 2.38. The van der Waals surface area contributed by atoms with Gasteiger partial charge in [-0.15, -0.1) is 0 Å². The smallest absolute Gasteiger partial charge is 0.350 e. The number of pyridine rings is 1. The zero-order valence-corrected chi connectivity index (χ0v) is 20.2. The van der Waals surface area contributed by atoms with Crippen LogP contribution in [-0.2, 0) is 6.18 Å². The number of piperidine rings is 1. The molecule has 4 heterocycles. The molecule has 11 heteroatoms. The molecule has 1 fully saturated rings. The summed E-state index contributed by atoms with van der Waals surface area (Å²) < 4.78 is 41.6. The van der Waals surface area contributed by atoms with Gasteiger partial charge in [0, 0.05) is 54.6 Å². The molecule has 0 spiro atoms. The molecule has 0 saturated carbocycles. The minimum atomic E-state index is -4.64. The van der Waals surface area contributed by atoms with Gasteiger partial charge in [-0.05, 0) is 52.7 Å². The molecule has 0 aliphatic carbocycles. The van der Waals surface area contributed by atoms with Gasteiger partial charge in [0.1, 0.15) is 16.9 Å². The fourth-order valence-corrected chi connectivity index (χ4v) is 4.38. The molecule has 1 amide bonds. The van der Waals surface area contributed by atoms with Crippen molar-refractivity contribution < 1.29 is 18.0 Å². The molecule has 2 atom stereocenters. The molecule has 0 unspecified atom stereocenters. The summed E-state index contributed by atoms with van der Waals surface area (Å²) in [6.45, 7) is 9.00. The molecule has 3 N–H and O–H groups in total. The average molecular weight is 490 g/mol. The number of anilines is 1. The number of nitrogens with zero attached hydrogens (tertiary/aromatic N) is 4. The third-order valence-electron chi connectivity index (χ3n) is 6.33. The summed E-state index contributed by atoms with van der Waals surface area (Å²) in [7, 11) is 0. The van der Waals surface area contributed by atoms with Crippen molar-refractivity contribution in [1.29, 1.82) is 0 Å². The van der Waals surface area contributed by atoms with Crippen LogP contribution in [0.2, 0.25) is 0 Å². The second-order valence-electron chi connectivity index (χ2n) is 9.16. The molecule has 0 radical (unpaired) electrons. The Morgan fingerprint density at radius 2 is 2.03 bits per heavy atom. The number of carbonyl (C=O) groups is 1. The van der Waals surface area contributed by atoms with Crippen molar-refractivity contribution >= 4 is 22.9 Å². The van der Waals surface area contributed by atoms with Crippen molar-refractivity contribution in [1.82, 2.24) is 30.2 Å². The van der Waals surface area contributed by atoms with Crippen molar-refractivity contribution in [2.24, 2.45) is 0 Å². The number of carbonyl (C=O) groups excluding carboxylic acids is 1. The minimum Gasteiger partial charge on any atom is -0.350 e. The molecule has 8 nitrogen and oxygen atoms in total. The Kier molecular flexibility index (Phi) is 6.98. The summed E-state index contributed by atoms with van der Waals surface area (Å²) in [5, 5.41) is 6.94. The lowest BCUT2D eigenvalue weighted by molar-refractivity contribution is -0.137. The molecule has 1 saturated heterocycles. The van der Waals surface area contributed by atoms with E-state index >= 15 is 0 Å². The van der Waals surface area contributed by atoms with E-state index in [1.807, 2.05) is 20.8 Å². The standard InChI is InChI=1S/C24H30F3N7O/c1-5-34(13(2)3)22(35)19-9-8-16-17(11-29-21(16)32-19)20-18(24(25,26)27)12-30-23(33-20)31-15-7-6-14(4)28-10-15/h8-9,11-15,28H,5-7,10H2,1-4H3,(H,29,32)(H,30,31,33)/t14-,15-/m0/s1. The van der Waals surface area contributed by atoms with Crippen LogP contribution in [0.4, 0.5) is 19.1 Å². The third kappa shape index (κ3) is 5.24. The average Bonchev–Trinajstić information content (AvgIpc) is 3.23. The number of aromatic nitrogens is 4. The number of hydrogen-bond acceptors (Lipinski definition) is 6. The molecule has 4 rings (SSSR count). The van der Waals surface area contributed by atoms with E-state index in [-0.39, 0.29) is 40.9 Å². The number of halogens is 3. The van der Waals surface area contributed by atoms with Crippen LogP contribution in [-0.4, -0.2) is 62.0 Å². The van der Waals surface area contributed by atoms with Crippen molar-refractivity contribution in [3.8, 4) is 11.3 Å². The quantitative estimate of drug-likeness (QED) is 0.473. The summed E-state index contributed by atoms with van der Waals surface area (Å²) >= 11 is 0. The van der Waals surface area contributed by atoms with Gasteiger partial charge in [-0.1, -0.05) is 0 Å². The van der Waals surface area contributed by atoms with Gasteiger partial charge in [-0.3, -0.25) is 4.79 Å². The Labute approximate surface area is 201 Å². The van der Waals surface area contributed by atoms with Crippen LogP contribution in [0.15, 0.2) is 24.5 Å². The van der Waals surface area contributed by atoms with E-state index < -0.39 is 11.7 Å². The largest absolute Gasteiger partial charge is 0.419 e. The van der Waals surface area contributed by atoms with E-state index in [9.17, 15) is 18.0 Å². The predicted molar refractivity (Wildman–Crippen MR) is 128 cm³/mol. The molecule has 188 valence electrons. The van der Waals surface area contributed by atoms with Crippen molar-refractivity contribution in [3.05, 3.63) is 35.8 Å². The highest BCUT2D eigenvalue weighted by molar-refractivity contribution is 5.98. The number of rotatable bonds is 6. The fourth-order valence-electron chi connectivity index (χ4n) is 4.38. The van der Waals surface area contributed by atoms with Crippen LogP contribution in [0.1, 0.15) is 56.6 Å². The number of aromatic amines is 1. The van der Waals surface area contributed by atoms with Gasteiger partial charge in [-0.2, -0.15) is 13.2 Å². The summed E-state index contributed by atoms with van der Waals surface area (Å²) in [6, 6.07) is 3.56. The van der Waals surface area contributed by atoms with E-state index in [1.54, 1.807) is 11.0 Å². The first-order valence-corrected chi connectivity index (χ1v) is 11.8. The van der Waals surface area contributed by atoms with Gasteiger partial charge in [0.2, 0.25) is 5.95 Å². The lowest BCUT2D eigenvalue weighted by atomic mass is 10.0. The molecule has 1 aliphatic heterocycles. The van der Waals surface area contributed by atoms with E-state index in [0.717, 1.165) is 19.0 Å². The topological polar surface area (TPSA) is 98.8 Å². The number of H-pyrrole nitrogens is 1. The van der Waals surface area contributed by atoms with Gasteiger partial charge in [0.05, 0.1) is 5.69 Å². The number of nitrogens with one attached hydrogen (secondary N) is 3. The second-order valence-corrected chi connectivity index (χ2v) is 9.16. The molecular weight excluding hydrogens is 459 g/mol. The highest BCUT2D eigenvalue weighted by Gasteiger charge is 2.36.